The van der Waals surface area contributed by atoms with Gasteiger partial charge in [-0.05, 0) is 23.0 Å². The van der Waals surface area contributed by atoms with Crippen LogP contribution >= 0.6 is 15.9 Å². The number of esters is 1. The minimum Gasteiger partial charge on any atom is -0.426 e. The lowest BCUT2D eigenvalue weighted by Crippen LogP contribution is -2.21. The molecule has 0 spiro atoms. The van der Waals surface area contributed by atoms with E-state index in [4.69, 9.17) is 4.74 Å². The second-order valence-corrected chi connectivity index (χ2v) is 7.84. The fraction of sp³-hybridized carbons (Fsp3) is 0.562. The number of hydrogen-bond acceptors (Lipinski definition) is 2. The molecule has 0 aliphatic heterocycles. The van der Waals surface area contributed by atoms with Crippen LogP contribution in [0.1, 0.15) is 59.6 Å². The Morgan fingerprint density at radius 3 is 1.63 bits per heavy atom. The van der Waals surface area contributed by atoms with Gasteiger partial charge < -0.3 is 4.74 Å². The van der Waals surface area contributed by atoms with Crippen molar-refractivity contribution in [3.05, 3.63) is 27.7 Å². The molecule has 1 rings (SSSR count). The Labute approximate surface area is 124 Å². The lowest BCUT2D eigenvalue weighted by Gasteiger charge is -2.29. The van der Waals surface area contributed by atoms with Crippen molar-refractivity contribution in [1.29, 1.82) is 0 Å². The highest BCUT2D eigenvalue weighted by atomic mass is 79.9. The van der Waals surface area contributed by atoms with E-state index in [2.05, 4.69) is 57.5 Å². The van der Waals surface area contributed by atoms with Crippen LogP contribution in [0.4, 0.5) is 0 Å². The summed E-state index contributed by atoms with van der Waals surface area (Å²) >= 11 is 3.56. The molecule has 0 radical (unpaired) electrons. The summed E-state index contributed by atoms with van der Waals surface area (Å²) in [6.07, 6.45) is 0. The molecule has 19 heavy (non-hydrogen) atoms. The Kier molecular flexibility index (Phi) is 4.51. The molecule has 0 amide bonds. The quantitative estimate of drug-likeness (QED) is 0.538. The number of halogens is 1. The zero-order valence-corrected chi connectivity index (χ0v) is 14.4. The molecule has 0 fully saturated rings. The van der Waals surface area contributed by atoms with Crippen LogP contribution in [0.2, 0.25) is 0 Å². The Morgan fingerprint density at radius 1 is 1.00 bits per heavy atom. The fourth-order valence-electron chi connectivity index (χ4n) is 1.96. The molecule has 2 nitrogen and oxygen atoms in total. The average Bonchev–Trinajstić information content (AvgIpc) is 2.16. The van der Waals surface area contributed by atoms with Crippen LogP contribution in [-0.2, 0) is 15.6 Å². The van der Waals surface area contributed by atoms with Gasteiger partial charge in [-0.3, -0.25) is 4.79 Å². The molecule has 3 heteroatoms. The zero-order chi connectivity index (χ0) is 15.0. The second kappa shape index (κ2) is 5.28. The Bertz CT molecular complexity index is 455. The van der Waals surface area contributed by atoms with Gasteiger partial charge in [0, 0.05) is 22.5 Å². The summed E-state index contributed by atoms with van der Waals surface area (Å²) in [6, 6.07) is 4.07. The first kappa shape index (κ1) is 16.2. The van der Waals surface area contributed by atoms with Crippen molar-refractivity contribution >= 4 is 21.9 Å². The van der Waals surface area contributed by atoms with Crippen LogP contribution in [0.25, 0.3) is 0 Å². The maximum absolute atomic E-state index is 11.4. The normalized spacial score (nSPS) is 12.4. The SMILES string of the molecule is CC(=O)Oc1c(C(C)(C)C)cc(Br)cc1C(C)(C)C. The highest BCUT2D eigenvalue weighted by Gasteiger charge is 2.28. The van der Waals surface area contributed by atoms with Crippen molar-refractivity contribution in [3.8, 4) is 5.75 Å². The standard InChI is InChI=1S/C16H23BrO2/c1-10(18)19-14-12(15(2,3)4)8-11(17)9-13(14)16(5,6)7/h8-9H,1-7H3. The van der Waals surface area contributed by atoms with E-state index < -0.39 is 0 Å². The fourth-order valence-corrected chi connectivity index (χ4v) is 2.42. The van der Waals surface area contributed by atoms with E-state index in [0.717, 1.165) is 15.6 Å². The maximum Gasteiger partial charge on any atom is 0.308 e. The van der Waals surface area contributed by atoms with Gasteiger partial charge in [-0.25, -0.2) is 0 Å². The summed E-state index contributed by atoms with van der Waals surface area (Å²) in [5.41, 5.74) is 1.91. The lowest BCUT2D eigenvalue weighted by atomic mass is 9.79. The number of hydrogen-bond donors (Lipinski definition) is 0. The molecular formula is C16H23BrO2. The first-order valence-corrected chi connectivity index (χ1v) is 7.25. The number of carbonyl (C=O) groups excluding carboxylic acids is 1. The van der Waals surface area contributed by atoms with Crippen molar-refractivity contribution < 1.29 is 9.53 Å². The van der Waals surface area contributed by atoms with Crippen LogP contribution in [0.15, 0.2) is 16.6 Å². The summed E-state index contributed by atoms with van der Waals surface area (Å²) in [5, 5.41) is 0. The molecule has 0 saturated carbocycles. The van der Waals surface area contributed by atoms with E-state index in [9.17, 15) is 4.79 Å². The van der Waals surface area contributed by atoms with Crippen LogP contribution < -0.4 is 4.74 Å². The van der Waals surface area contributed by atoms with Crippen molar-refractivity contribution in [1.82, 2.24) is 0 Å². The van der Waals surface area contributed by atoms with Gasteiger partial charge in [0.15, 0.2) is 0 Å². The molecule has 0 atom stereocenters. The number of carbonyl (C=O) groups is 1. The van der Waals surface area contributed by atoms with E-state index in [-0.39, 0.29) is 16.8 Å². The van der Waals surface area contributed by atoms with Crippen molar-refractivity contribution in [2.24, 2.45) is 0 Å². The number of rotatable bonds is 1. The molecule has 0 bridgehead atoms. The van der Waals surface area contributed by atoms with Crippen molar-refractivity contribution in [2.45, 2.75) is 59.3 Å². The maximum atomic E-state index is 11.4. The largest absolute Gasteiger partial charge is 0.426 e. The van der Waals surface area contributed by atoms with Crippen molar-refractivity contribution in [3.63, 3.8) is 0 Å². The highest BCUT2D eigenvalue weighted by Crippen LogP contribution is 2.41. The molecule has 1 aromatic carbocycles. The predicted molar refractivity (Wildman–Crippen MR) is 82.9 cm³/mol. The van der Waals surface area contributed by atoms with E-state index in [1.807, 2.05) is 12.1 Å². The van der Waals surface area contributed by atoms with Gasteiger partial charge in [0.2, 0.25) is 0 Å². The predicted octanol–water partition coefficient (Wildman–Crippen LogP) is 4.97. The van der Waals surface area contributed by atoms with Crippen LogP contribution in [0.3, 0.4) is 0 Å². The van der Waals surface area contributed by atoms with Crippen molar-refractivity contribution in [2.75, 3.05) is 0 Å². The Hall–Kier alpha value is -0.830. The Balaban J connectivity index is 3.63. The molecule has 0 N–H and O–H groups in total. The first-order valence-electron chi connectivity index (χ1n) is 6.46. The van der Waals surface area contributed by atoms with Crippen LogP contribution in [0.5, 0.6) is 5.75 Å². The lowest BCUT2D eigenvalue weighted by molar-refractivity contribution is -0.132. The molecule has 1 aromatic rings. The topological polar surface area (TPSA) is 26.3 Å². The molecule has 0 aliphatic carbocycles. The minimum absolute atomic E-state index is 0.0887. The average molecular weight is 327 g/mol. The van der Waals surface area contributed by atoms with Gasteiger partial charge in [-0.2, -0.15) is 0 Å². The summed E-state index contributed by atoms with van der Waals surface area (Å²) < 4.78 is 6.54. The molecule has 0 aromatic heterocycles. The van der Waals surface area contributed by atoms with Crippen LogP contribution in [-0.4, -0.2) is 5.97 Å². The number of benzene rings is 1. The van der Waals surface area contributed by atoms with E-state index >= 15 is 0 Å². The highest BCUT2D eigenvalue weighted by molar-refractivity contribution is 9.10. The van der Waals surface area contributed by atoms with Gasteiger partial charge in [0.05, 0.1) is 0 Å². The molecule has 0 saturated heterocycles. The third-order valence-electron chi connectivity index (χ3n) is 2.92. The smallest absolute Gasteiger partial charge is 0.308 e. The Morgan fingerprint density at radius 2 is 1.37 bits per heavy atom. The molecule has 0 unspecified atom stereocenters. The summed E-state index contributed by atoms with van der Waals surface area (Å²) in [5.74, 6) is 0.425. The second-order valence-electron chi connectivity index (χ2n) is 6.92. The first-order chi connectivity index (χ1) is 8.43. The van der Waals surface area contributed by atoms with Gasteiger partial charge in [-0.1, -0.05) is 57.5 Å². The summed E-state index contributed by atoms with van der Waals surface area (Å²) in [7, 11) is 0. The molecular weight excluding hydrogens is 304 g/mol. The molecule has 0 aliphatic rings. The number of ether oxygens (including phenoxy) is 1. The van der Waals surface area contributed by atoms with Gasteiger partial charge >= 0.3 is 5.97 Å². The van der Waals surface area contributed by atoms with E-state index in [1.54, 1.807) is 0 Å². The molecule has 106 valence electrons. The minimum atomic E-state index is -0.279. The third kappa shape index (κ3) is 4.07. The van der Waals surface area contributed by atoms with Gasteiger partial charge in [0.25, 0.3) is 0 Å². The molecule has 0 heterocycles. The van der Waals surface area contributed by atoms with Gasteiger partial charge in [0.1, 0.15) is 5.75 Å². The summed E-state index contributed by atoms with van der Waals surface area (Å²) in [6.45, 7) is 14.2. The van der Waals surface area contributed by atoms with E-state index in [1.165, 1.54) is 6.92 Å². The van der Waals surface area contributed by atoms with Gasteiger partial charge in [-0.15, -0.1) is 0 Å². The summed E-state index contributed by atoms with van der Waals surface area (Å²) in [4.78, 5) is 11.4. The third-order valence-corrected chi connectivity index (χ3v) is 3.37. The monoisotopic (exact) mass is 326 g/mol. The van der Waals surface area contributed by atoms with E-state index in [0.29, 0.717) is 5.75 Å². The zero-order valence-electron chi connectivity index (χ0n) is 12.8. The van der Waals surface area contributed by atoms with Crippen LogP contribution in [0, 0.1) is 0 Å².